The molecule has 0 aromatic heterocycles. The first kappa shape index (κ1) is 21.8. The van der Waals surface area contributed by atoms with Gasteiger partial charge in [0.25, 0.3) is 5.91 Å². The Kier molecular flexibility index (Phi) is 7.54. The lowest BCUT2D eigenvalue weighted by Crippen LogP contribution is -2.24. The minimum Gasteiger partial charge on any atom is -0.484 e. The molecule has 0 aliphatic heterocycles. The van der Waals surface area contributed by atoms with Gasteiger partial charge in [0.1, 0.15) is 11.5 Å². The molecule has 1 amide bonds. The van der Waals surface area contributed by atoms with Crippen molar-refractivity contribution in [2.45, 2.75) is 19.8 Å². The summed E-state index contributed by atoms with van der Waals surface area (Å²) < 4.78 is 10.8. The van der Waals surface area contributed by atoms with Crippen molar-refractivity contribution in [1.29, 1.82) is 0 Å². The summed E-state index contributed by atoms with van der Waals surface area (Å²) in [6.07, 6.45) is 1.47. The van der Waals surface area contributed by atoms with Gasteiger partial charge >= 0.3 is 5.97 Å². The first-order valence-electron chi connectivity index (χ1n) is 9.93. The first-order chi connectivity index (χ1) is 15.0. The Morgan fingerprint density at radius 2 is 1.68 bits per heavy atom. The number of nitrogens with zero attached hydrogens (tertiary/aromatic N) is 1. The van der Waals surface area contributed by atoms with Crippen LogP contribution in [-0.2, 0) is 4.79 Å². The number of hydrogen-bond donors (Lipinski definition) is 1. The zero-order chi connectivity index (χ0) is 22.1. The first-order valence-corrected chi connectivity index (χ1v) is 9.93. The number of rotatable bonds is 8. The normalized spacial score (nSPS) is 10.8. The molecule has 3 aromatic carbocycles. The Bertz CT molecular complexity index is 1040. The number of benzene rings is 3. The van der Waals surface area contributed by atoms with E-state index in [-0.39, 0.29) is 12.5 Å². The van der Waals surface area contributed by atoms with E-state index in [0.717, 1.165) is 0 Å². The molecule has 0 spiro atoms. The highest BCUT2D eigenvalue weighted by atomic mass is 16.5. The lowest BCUT2D eigenvalue weighted by Gasteiger charge is -2.08. The lowest BCUT2D eigenvalue weighted by molar-refractivity contribution is -0.123. The highest BCUT2D eigenvalue weighted by Gasteiger charge is 2.08. The van der Waals surface area contributed by atoms with Crippen LogP contribution < -0.4 is 14.9 Å². The van der Waals surface area contributed by atoms with E-state index in [1.54, 1.807) is 48.5 Å². The van der Waals surface area contributed by atoms with Crippen LogP contribution in [0.4, 0.5) is 0 Å². The maximum absolute atomic E-state index is 12.1. The Balaban J connectivity index is 1.48. The van der Waals surface area contributed by atoms with Crippen LogP contribution in [0.15, 0.2) is 84.0 Å². The monoisotopic (exact) mass is 416 g/mol. The standard InChI is InChI=1S/C25H24N2O4/c1-18(2)20-11-13-22(14-12-20)30-17-24(28)27-26-16-19-7-6-10-23(15-19)31-25(29)21-8-4-3-5-9-21/h3-16,18H,17H2,1-2H3,(H,27,28)/b26-16+. The number of hydrazone groups is 1. The second-order valence-corrected chi connectivity index (χ2v) is 7.13. The van der Waals surface area contributed by atoms with Crippen molar-refractivity contribution in [3.05, 3.63) is 95.6 Å². The second-order valence-electron chi connectivity index (χ2n) is 7.13. The third-order valence-corrected chi connectivity index (χ3v) is 4.40. The molecule has 1 N–H and O–H groups in total. The van der Waals surface area contributed by atoms with Crippen LogP contribution in [0.25, 0.3) is 0 Å². The number of amides is 1. The minimum atomic E-state index is -0.443. The van der Waals surface area contributed by atoms with E-state index in [1.165, 1.54) is 11.8 Å². The van der Waals surface area contributed by atoms with Gasteiger partial charge < -0.3 is 9.47 Å². The topological polar surface area (TPSA) is 77.0 Å². The molecule has 31 heavy (non-hydrogen) atoms. The summed E-state index contributed by atoms with van der Waals surface area (Å²) in [7, 11) is 0. The molecule has 6 nitrogen and oxygen atoms in total. The Morgan fingerprint density at radius 3 is 2.39 bits per heavy atom. The number of esters is 1. The predicted molar refractivity (Wildman–Crippen MR) is 120 cm³/mol. The molecular formula is C25H24N2O4. The molecule has 0 saturated heterocycles. The summed E-state index contributed by atoms with van der Waals surface area (Å²) >= 11 is 0. The molecule has 3 rings (SSSR count). The lowest BCUT2D eigenvalue weighted by atomic mass is 10.0. The van der Waals surface area contributed by atoms with Gasteiger partial charge in [-0.25, -0.2) is 10.2 Å². The van der Waals surface area contributed by atoms with Crippen molar-refractivity contribution >= 4 is 18.1 Å². The minimum absolute atomic E-state index is 0.146. The predicted octanol–water partition coefficient (Wildman–Crippen LogP) is 4.56. The third-order valence-electron chi connectivity index (χ3n) is 4.40. The fraction of sp³-hybridized carbons (Fsp3) is 0.160. The van der Waals surface area contributed by atoms with E-state index in [9.17, 15) is 9.59 Å². The van der Waals surface area contributed by atoms with Crippen molar-refractivity contribution in [2.24, 2.45) is 5.10 Å². The Morgan fingerprint density at radius 1 is 0.935 bits per heavy atom. The van der Waals surface area contributed by atoms with Crippen LogP contribution in [0.3, 0.4) is 0 Å². The number of hydrogen-bond acceptors (Lipinski definition) is 5. The van der Waals surface area contributed by atoms with Gasteiger partial charge in [0.2, 0.25) is 0 Å². The quantitative estimate of drug-likeness (QED) is 0.253. The van der Waals surface area contributed by atoms with Gasteiger partial charge in [0, 0.05) is 0 Å². The van der Waals surface area contributed by atoms with Crippen molar-refractivity contribution in [3.63, 3.8) is 0 Å². The van der Waals surface area contributed by atoms with E-state index in [2.05, 4.69) is 24.4 Å². The van der Waals surface area contributed by atoms with Gasteiger partial charge in [-0.3, -0.25) is 4.79 Å². The fourth-order valence-electron chi connectivity index (χ4n) is 2.71. The molecule has 0 bridgehead atoms. The molecule has 0 radical (unpaired) electrons. The van der Waals surface area contributed by atoms with Crippen molar-refractivity contribution in [2.75, 3.05) is 6.61 Å². The molecule has 0 saturated carbocycles. The number of carbonyl (C=O) groups excluding carboxylic acids is 2. The fourth-order valence-corrected chi connectivity index (χ4v) is 2.71. The van der Waals surface area contributed by atoms with Gasteiger partial charge in [-0.15, -0.1) is 0 Å². The smallest absolute Gasteiger partial charge is 0.343 e. The Labute approximate surface area is 181 Å². The van der Waals surface area contributed by atoms with Gasteiger partial charge in [-0.2, -0.15) is 5.10 Å². The van der Waals surface area contributed by atoms with Crippen molar-refractivity contribution < 1.29 is 19.1 Å². The van der Waals surface area contributed by atoms with Crippen LogP contribution >= 0.6 is 0 Å². The second kappa shape index (κ2) is 10.7. The molecule has 0 heterocycles. The molecular weight excluding hydrogens is 392 g/mol. The zero-order valence-electron chi connectivity index (χ0n) is 17.4. The van der Waals surface area contributed by atoms with Crippen LogP contribution in [0.1, 0.15) is 41.3 Å². The van der Waals surface area contributed by atoms with Crippen LogP contribution in [0.5, 0.6) is 11.5 Å². The van der Waals surface area contributed by atoms with Gasteiger partial charge in [-0.1, -0.05) is 56.3 Å². The van der Waals surface area contributed by atoms with E-state index < -0.39 is 5.97 Å². The summed E-state index contributed by atoms with van der Waals surface area (Å²) in [4.78, 5) is 24.1. The summed E-state index contributed by atoms with van der Waals surface area (Å²) in [6, 6.07) is 23.2. The van der Waals surface area contributed by atoms with Gasteiger partial charge in [0.05, 0.1) is 11.8 Å². The van der Waals surface area contributed by atoms with Gasteiger partial charge in [0.15, 0.2) is 6.61 Å². The zero-order valence-corrected chi connectivity index (χ0v) is 17.4. The summed E-state index contributed by atoms with van der Waals surface area (Å²) in [5, 5.41) is 3.92. The molecule has 3 aromatic rings. The molecule has 0 aliphatic carbocycles. The maximum Gasteiger partial charge on any atom is 0.343 e. The van der Waals surface area contributed by atoms with E-state index in [0.29, 0.717) is 28.5 Å². The van der Waals surface area contributed by atoms with Crippen molar-refractivity contribution in [1.82, 2.24) is 5.43 Å². The average Bonchev–Trinajstić information content (AvgIpc) is 2.79. The average molecular weight is 416 g/mol. The van der Waals surface area contributed by atoms with E-state index in [4.69, 9.17) is 9.47 Å². The maximum atomic E-state index is 12.1. The summed E-state index contributed by atoms with van der Waals surface area (Å²) in [6.45, 7) is 4.08. The highest BCUT2D eigenvalue weighted by Crippen LogP contribution is 2.18. The van der Waals surface area contributed by atoms with Crippen LogP contribution in [0.2, 0.25) is 0 Å². The number of carbonyl (C=O) groups is 2. The highest BCUT2D eigenvalue weighted by molar-refractivity contribution is 5.91. The number of ether oxygens (including phenoxy) is 2. The molecule has 0 fully saturated rings. The third kappa shape index (κ3) is 6.82. The van der Waals surface area contributed by atoms with Crippen LogP contribution in [-0.4, -0.2) is 24.7 Å². The van der Waals surface area contributed by atoms with E-state index >= 15 is 0 Å². The Hall–Kier alpha value is -3.93. The molecule has 0 atom stereocenters. The molecule has 0 aliphatic rings. The molecule has 158 valence electrons. The largest absolute Gasteiger partial charge is 0.484 e. The van der Waals surface area contributed by atoms with Crippen LogP contribution in [0, 0.1) is 0 Å². The van der Waals surface area contributed by atoms with Gasteiger partial charge in [-0.05, 0) is 53.4 Å². The molecule has 6 heteroatoms. The van der Waals surface area contributed by atoms with Crippen molar-refractivity contribution in [3.8, 4) is 11.5 Å². The number of nitrogens with one attached hydrogen (secondary N) is 1. The summed E-state index contributed by atoms with van der Waals surface area (Å²) in [5.74, 6) is 0.623. The molecule has 0 unspecified atom stereocenters. The SMILES string of the molecule is CC(C)c1ccc(OCC(=O)N/N=C/c2cccc(OC(=O)c3ccccc3)c2)cc1. The van der Waals surface area contributed by atoms with E-state index in [1.807, 2.05) is 30.3 Å². The summed E-state index contributed by atoms with van der Waals surface area (Å²) in [5.41, 5.74) is 4.76.